The quantitative estimate of drug-likeness (QED) is 0.578. The molecule has 0 radical (unpaired) electrons. The minimum atomic E-state index is -0.694. The van der Waals surface area contributed by atoms with Gasteiger partial charge in [0.25, 0.3) is 0 Å². The van der Waals surface area contributed by atoms with Gasteiger partial charge in [-0.05, 0) is 41.5 Å². The minimum absolute atomic E-state index is 0.198. The molecule has 5 heteroatoms. The van der Waals surface area contributed by atoms with E-state index in [0.29, 0.717) is 19.4 Å². The van der Waals surface area contributed by atoms with Crippen LogP contribution in [0.4, 0.5) is 0 Å². The lowest BCUT2D eigenvalue weighted by molar-refractivity contribution is -0.154. The number of hydrogen-bond donors (Lipinski definition) is 1. The molecule has 32 heavy (non-hydrogen) atoms. The Bertz CT molecular complexity index is 1040. The number of carbonyl (C=O) groups is 2. The highest BCUT2D eigenvalue weighted by Crippen LogP contribution is 2.22. The lowest BCUT2D eigenvalue weighted by Crippen LogP contribution is -2.49. The standard InChI is InChI=1S/C27H28N2O3/c28-24(18-20-13-15-23(16-14-20)22-10-5-2-6-11-22)26(30)29-17-7-12-25(29)27(31)32-19-21-8-3-1-4-9-21/h1-6,8-11,13-16,24-25H,7,12,17-19,28H2. The Labute approximate surface area is 188 Å². The van der Waals surface area contributed by atoms with E-state index in [4.69, 9.17) is 10.5 Å². The SMILES string of the molecule is NC(Cc1ccc(-c2ccccc2)cc1)C(=O)N1CCCC1C(=O)OCc1ccccc1. The predicted molar refractivity (Wildman–Crippen MR) is 125 cm³/mol. The zero-order chi connectivity index (χ0) is 22.3. The number of likely N-dealkylation sites (tertiary alicyclic amines) is 1. The molecular weight excluding hydrogens is 400 g/mol. The first kappa shape index (κ1) is 21.8. The Balaban J connectivity index is 1.34. The largest absolute Gasteiger partial charge is 0.459 e. The van der Waals surface area contributed by atoms with Crippen molar-refractivity contribution in [2.45, 2.75) is 38.0 Å². The van der Waals surface area contributed by atoms with Crippen molar-refractivity contribution < 1.29 is 14.3 Å². The number of ether oxygens (including phenoxy) is 1. The van der Waals surface area contributed by atoms with Crippen molar-refractivity contribution in [2.24, 2.45) is 5.73 Å². The van der Waals surface area contributed by atoms with Crippen LogP contribution in [0.3, 0.4) is 0 Å². The molecule has 1 aliphatic heterocycles. The molecule has 1 saturated heterocycles. The van der Waals surface area contributed by atoms with Crippen LogP contribution < -0.4 is 5.73 Å². The van der Waals surface area contributed by atoms with Crippen LogP contribution in [0.15, 0.2) is 84.9 Å². The van der Waals surface area contributed by atoms with E-state index in [1.165, 1.54) is 0 Å². The summed E-state index contributed by atoms with van der Waals surface area (Å²) < 4.78 is 5.47. The van der Waals surface area contributed by atoms with E-state index in [0.717, 1.165) is 28.7 Å². The number of hydrogen-bond acceptors (Lipinski definition) is 4. The summed E-state index contributed by atoms with van der Waals surface area (Å²) in [4.78, 5) is 27.2. The van der Waals surface area contributed by atoms with Crippen molar-refractivity contribution in [3.8, 4) is 11.1 Å². The van der Waals surface area contributed by atoms with Gasteiger partial charge in [0.2, 0.25) is 5.91 Å². The highest BCUT2D eigenvalue weighted by atomic mass is 16.5. The second-order valence-corrected chi connectivity index (χ2v) is 8.16. The van der Waals surface area contributed by atoms with Crippen molar-refractivity contribution in [1.82, 2.24) is 4.90 Å². The smallest absolute Gasteiger partial charge is 0.329 e. The van der Waals surface area contributed by atoms with Crippen molar-refractivity contribution in [3.63, 3.8) is 0 Å². The van der Waals surface area contributed by atoms with Crippen molar-refractivity contribution >= 4 is 11.9 Å². The summed E-state index contributed by atoms with van der Waals surface area (Å²) in [5.74, 6) is -0.560. The molecule has 0 aliphatic carbocycles. The minimum Gasteiger partial charge on any atom is -0.459 e. The first-order valence-corrected chi connectivity index (χ1v) is 11.0. The summed E-state index contributed by atoms with van der Waals surface area (Å²) in [6.45, 7) is 0.739. The van der Waals surface area contributed by atoms with Gasteiger partial charge in [0.1, 0.15) is 12.6 Å². The van der Waals surface area contributed by atoms with Crippen molar-refractivity contribution in [2.75, 3.05) is 6.54 Å². The van der Waals surface area contributed by atoms with Gasteiger partial charge in [-0.1, -0.05) is 84.9 Å². The predicted octanol–water partition coefficient (Wildman–Crippen LogP) is 3.96. The number of esters is 1. The fourth-order valence-electron chi connectivity index (χ4n) is 4.12. The van der Waals surface area contributed by atoms with Gasteiger partial charge in [0.15, 0.2) is 0 Å². The molecule has 4 rings (SSSR count). The van der Waals surface area contributed by atoms with Crippen LogP contribution in [-0.2, 0) is 27.4 Å². The maximum Gasteiger partial charge on any atom is 0.329 e. The Morgan fingerprint density at radius 1 is 0.875 bits per heavy atom. The average molecular weight is 429 g/mol. The van der Waals surface area contributed by atoms with Crippen LogP contribution in [0.5, 0.6) is 0 Å². The number of nitrogens with zero attached hydrogens (tertiary/aromatic N) is 1. The maximum atomic E-state index is 13.0. The summed E-state index contributed by atoms with van der Waals surface area (Å²) in [5.41, 5.74) is 10.4. The molecule has 2 N–H and O–H groups in total. The zero-order valence-corrected chi connectivity index (χ0v) is 18.0. The number of nitrogens with two attached hydrogens (primary N) is 1. The number of carbonyl (C=O) groups excluding carboxylic acids is 2. The summed E-state index contributed by atoms with van der Waals surface area (Å²) >= 11 is 0. The molecule has 3 aromatic carbocycles. The van der Waals surface area contributed by atoms with E-state index in [2.05, 4.69) is 12.1 Å². The van der Waals surface area contributed by atoms with Gasteiger partial charge >= 0.3 is 5.97 Å². The van der Waals surface area contributed by atoms with E-state index in [1.54, 1.807) is 4.90 Å². The molecule has 1 fully saturated rings. The molecule has 164 valence electrons. The van der Waals surface area contributed by atoms with E-state index in [-0.39, 0.29) is 18.5 Å². The lowest BCUT2D eigenvalue weighted by atomic mass is 10.0. The summed E-state index contributed by atoms with van der Waals surface area (Å²) in [5, 5.41) is 0. The topological polar surface area (TPSA) is 72.6 Å². The maximum absolute atomic E-state index is 13.0. The number of benzene rings is 3. The summed E-state index contributed by atoms with van der Waals surface area (Å²) in [6, 6.07) is 26.5. The molecule has 2 unspecified atom stereocenters. The van der Waals surface area contributed by atoms with Crippen LogP contribution in [0.2, 0.25) is 0 Å². The normalized spacial score (nSPS) is 16.5. The van der Waals surface area contributed by atoms with Crippen molar-refractivity contribution in [3.05, 3.63) is 96.1 Å². The van der Waals surface area contributed by atoms with Crippen LogP contribution in [0, 0.1) is 0 Å². The van der Waals surface area contributed by atoms with Gasteiger partial charge in [-0.3, -0.25) is 4.79 Å². The van der Waals surface area contributed by atoms with Crippen LogP contribution in [-0.4, -0.2) is 35.4 Å². The van der Waals surface area contributed by atoms with Gasteiger partial charge in [-0.25, -0.2) is 4.79 Å². The molecule has 3 aromatic rings. The molecule has 1 amide bonds. The number of amides is 1. The molecule has 0 spiro atoms. The molecule has 2 atom stereocenters. The molecular formula is C27H28N2O3. The van der Waals surface area contributed by atoms with Gasteiger partial charge in [-0.15, -0.1) is 0 Å². The van der Waals surface area contributed by atoms with Gasteiger partial charge < -0.3 is 15.4 Å². The third-order valence-electron chi connectivity index (χ3n) is 5.87. The van der Waals surface area contributed by atoms with Crippen molar-refractivity contribution in [1.29, 1.82) is 0 Å². The van der Waals surface area contributed by atoms with Gasteiger partial charge in [0.05, 0.1) is 6.04 Å². The first-order valence-electron chi connectivity index (χ1n) is 11.0. The van der Waals surface area contributed by atoms with E-state index in [9.17, 15) is 9.59 Å². The molecule has 0 saturated carbocycles. The van der Waals surface area contributed by atoms with Gasteiger partial charge in [0, 0.05) is 6.54 Å². The van der Waals surface area contributed by atoms with Crippen LogP contribution in [0.1, 0.15) is 24.0 Å². The van der Waals surface area contributed by atoms with Crippen LogP contribution in [0.25, 0.3) is 11.1 Å². The molecule has 1 heterocycles. The highest BCUT2D eigenvalue weighted by Gasteiger charge is 2.37. The fourth-order valence-corrected chi connectivity index (χ4v) is 4.12. The Kier molecular flexibility index (Phi) is 6.97. The average Bonchev–Trinajstić information content (AvgIpc) is 3.34. The Morgan fingerprint density at radius 3 is 2.19 bits per heavy atom. The molecule has 0 aromatic heterocycles. The van der Waals surface area contributed by atoms with E-state index < -0.39 is 12.1 Å². The zero-order valence-electron chi connectivity index (χ0n) is 18.0. The second kappa shape index (κ2) is 10.2. The van der Waals surface area contributed by atoms with E-state index in [1.807, 2.05) is 72.8 Å². The molecule has 5 nitrogen and oxygen atoms in total. The Hall–Kier alpha value is -3.44. The lowest BCUT2D eigenvalue weighted by Gasteiger charge is -2.26. The number of rotatable bonds is 7. The van der Waals surface area contributed by atoms with E-state index >= 15 is 0 Å². The monoisotopic (exact) mass is 428 g/mol. The Morgan fingerprint density at radius 2 is 1.50 bits per heavy atom. The van der Waals surface area contributed by atoms with Gasteiger partial charge in [-0.2, -0.15) is 0 Å². The second-order valence-electron chi connectivity index (χ2n) is 8.16. The summed E-state index contributed by atoms with van der Waals surface area (Å²) in [6.07, 6.45) is 1.81. The molecule has 1 aliphatic rings. The summed E-state index contributed by atoms with van der Waals surface area (Å²) in [7, 11) is 0. The third-order valence-corrected chi connectivity index (χ3v) is 5.87. The first-order chi connectivity index (χ1) is 15.6. The fraction of sp³-hybridized carbons (Fsp3) is 0.259. The molecule has 0 bridgehead atoms. The van der Waals surface area contributed by atoms with Crippen LogP contribution >= 0.6 is 0 Å². The third kappa shape index (κ3) is 5.24. The highest BCUT2D eigenvalue weighted by molar-refractivity contribution is 5.88.